The topological polar surface area (TPSA) is 75.8 Å². The molecule has 122 valence electrons. The van der Waals surface area contributed by atoms with E-state index in [1.54, 1.807) is 6.07 Å². The summed E-state index contributed by atoms with van der Waals surface area (Å²) in [6.07, 6.45) is 0. The van der Waals surface area contributed by atoms with E-state index in [0.717, 1.165) is 5.56 Å². The van der Waals surface area contributed by atoms with Crippen molar-refractivity contribution in [2.75, 3.05) is 20.2 Å². The summed E-state index contributed by atoms with van der Waals surface area (Å²) in [7, 11) is 1.81. The van der Waals surface area contributed by atoms with Crippen molar-refractivity contribution < 1.29 is 19.2 Å². The molecule has 23 heavy (non-hydrogen) atoms. The van der Waals surface area contributed by atoms with Crippen LogP contribution in [0.4, 0.5) is 10.1 Å². The van der Waals surface area contributed by atoms with Crippen molar-refractivity contribution in [3.05, 3.63) is 64.0 Å². The number of nitrogens with zero attached hydrogens (tertiary/aromatic N) is 2. The Bertz CT molecular complexity index is 676. The maximum atomic E-state index is 12.9. The number of rotatable bonds is 7. The maximum absolute atomic E-state index is 12.9. The molecule has 1 N–H and O–H groups in total. The first-order chi connectivity index (χ1) is 11.0. The van der Waals surface area contributed by atoms with Crippen LogP contribution in [0.15, 0.2) is 42.5 Å². The van der Waals surface area contributed by atoms with Crippen molar-refractivity contribution in [1.82, 2.24) is 4.90 Å². The Labute approximate surface area is 132 Å². The maximum Gasteiger partial charge on any atom is 0.311 e. The lowest BCUT2D eigenvalue weighted by Crippen LogP contribution is -2.21. The van der Waals surface area contributed by atoms with Gasteiger partial charge in [0.25, 0.3) is 0 Å². The summed E-state index contributed by atoms with van der Waals surface area (Å²) in [5, 5.41) is 20.1. The molecule has 0 aliphatic rings. The standard InChI is InChI=1S/C16H17FN2O4/c1-18(8-9-20)11-12-2-7-16(15(10-12)19(21)22)23-14-5-3-13(17)4-6-14/h2-7,10,20H,8-9,11H2,1H3. The van der Waals surface area contributed by atoms with Crippen LogP contribution in [0.3, 0.4) is 0 Å². The second-order valence-electron chi connectivity index (χ2n) is 5.08. The van der Waals surface area contributed by atoms with E-state index in [9.17, 15) is 14.5 Å². The molecule has 0 spiro atoms. The number of aliphatic hydroxyl groups excluding tert-OH is 1. The van der Waals surface area contributed by atoms with E-state index < -0.39 is 10.7 Å². The number of ether oxygens (including phenoxy) is 1. The van der Waals surface area contributed by atoms with Gasteiger partial charge in [0.2, 0.25) is 5.75 Å². The van der Waals surface area contributed by atoms with Gasteiger partial charge in [0.05, 0.1) is 11.5 Å². The number of hydrogen-bond donors (Lipinski definition) is 1. The molecule has 0 saturated carbocycles. The van der Waals surface area contributed by atoms with Gasteiger partial charge >= 0.3 is 5.69 Å². The van der Waals surface area contributed by atoms with Crippen LogP contribution in [-0.4, -0.2) is 35.1 Å². The third kappa shape index (κ3) is 4.73. The van der Waals surface area contributed by atoms with Crippen molar-refractivity contribution in [3.63, 3.8) is 0 Å². The highest BCUT2D eigenvalue weighted by molar-refractivity contribution is 5.50. The SMILES string of the molecule is CN(CCO)Cc1ccc(Oc2ccc(F)cc2)c([N+](=O)[O-])c1. The summed E-state index contributed by atoms with van der Waals surface area (Å²) >= 11 is 0. The molecule has 0 radical (unpaired) electrons. The number of halogens is 1. The molecule has 0 saturated heterocycles. The lowest BCUT2D eigenvalue weighted by molar-refractivity contribution is -0.385. The molecule has 2 aromatic carbocycles. The highest BCUT2D eigenvalue weighted by Gasteiger charge is 2.17. The summed E-state index contributed by atoms with van der Waals surface area (Å²) in [6, 6.07) is 9.93. The Balaban J connectivity index is 2.22. The van der Waals surface area contributed by atoms with E-state index in [0.29, 0.717) is 18.8 Å². The Morgan fingerprint density at radius 1 is 1.26 bits per heavy atom. The van der Waals surface area contributed by atoms with Crippen LogP contribution in [-0.2, 0) is 6.54 Å². The third-order valence-electron chi connectivity index (χ3n) is 3.20. The fraction of sp³-hybridized carbons (Fsp3) is 0.250. The molecule has 7 heteroatoms. The predicted octanol–water partition coefficient (Wildman–Crippen LogP) is 2.95. The zero-order chi connectivity index (χ0) is 16.8. The summed E-state index contributed by atoms with van der Waals surface area (Å²) in [5.74, 6) is 0.00364. The van der Waals surface area contributed by atoms with Crippen molar-refractivity contribution in [3.8, 4) is 11.5 Å². The molecule has 0 aromatic heterocycles. The van der Waals surface area contributed by atoms with E-state index in [-0.39, 0.29) is 18.0 Å². The van der Waals surface area contributed by atoms with Crippen LogP contribution in [0, 0.1) is 15.9 Å². The normalized spacial score (nSPS) is 10.8. The molecule has 0 atom stereocenters. The van der Waals surface area contributed by atoms with Crippen LogP contribution in [0.25, 0.3) is 0 Å². The highest BCUT2D eigenvalue weighted by Crippen LogP contribution is 2.32. The Morgan fingerprint density at radius 2 is 1.96 bits per heavy atom. The van der Waals surface area contributed by atoms with E-state index in [1.807, 2.05) is 11.9 Å². The highest BCUT2D eigenvalue weighted by atomic mass is 19.1. The van der Waals surface area contributed by atoms with Crippen LogP contribution < -0.4 is 4.74 Å². The number of benzene rings is 2. The second kappa shape index (κ2) is 7.66. The monoisotopic (exact) mass is 320 g/mol. The largest absolute Gasteiger partial charge is 0.450 e. The van der Waals surface area contributed by atoms with Gasteiger partial charge in [-0.15, -0.1) is 0 Å². The molecular formula is C16H17FN2O4. The minimum absolute atomic E-state index is 0.0182. The van der Waals surface area contributed by atoms with Gasteiger partial charge in [0.1, 0.15) is 11.6 Å². The van der Waals surface area contributed by atoms with Crippen molar-refractivity contribution >= 4 is 5.69 Å². The summed E-state index contributed by atoms with van der Waals surface area (Å²) in [5.41, 5.74) is 0.573. The molecule has 0 amide bonds. The van der Waals surface area contributed by atoms with Gasteiger partial charge in [-0.25, -0.2) is 4.39 Å². The summed E-state index contributed by atoms with van der Waals surface area (Å²) < 4.78 is 18.4. The molecular weight excluding hydrogens is 303 g/mol. The average Bonchev–Trinajstić information content (AvgIpc) is 2.51. The number of nitro benzene ring substituents is 1. The fourth-order valence-corrected chi connectivity index (χ4v) is 2.08. The van der Waals surface area contributed by atoms with Gasteiger partial charge < -0.3 is 9.84 Å². The zero-order valence-electron chi connectivity index (χ0n) is 12.6. The average molecular weight is 320 g/mol. The smallest absolute Gasteiger partial charge is 0.311 e. The quantitative estimate of drug-likeness (QED) is 0.627. The molecule has 0 bridgehead atoms. The molecule has 2 rings (SSSR count). The van der Waals surface area contributed by atoms with Gasteiger partial charge in [0, 0.05) is 19.2 Å². The minimum atomic E-state index is -0.519. The van der Waals surface area contributed by atoms with Gasteiger partial charge in [-0.2, -0.15) is 0 Å². The summed E-state index contributed by atoms with van der Waals surface area (Å²) in [6.45, 7) is 0.963. The van der Waals surface area contributed by atoms with Gasteiger partial charge in [0.15, 0.2) is 0 Å². The van der Waals surface area contributed by atoms with E-state index in [4.69, 9.17) is 9.84 Å². The molecule has 0 aliphatic carbocycles. The Hall–Kier alpha value is -2.51. The van der Waals surface area contributed by atoms with Crippen molar-refractivity contribution in [1.29, 1.82) is 0 Å². The molecule has 0 unspecified atom stereocenters. The van der Waals surface area contributed by atoms with Gasteiger partial charge in [-0.1, -0.05) is 6.07 Å². The first-order valence-corrected chi connectivity index (χ1v) is 6.99. The molecule has 0 heterocycles. The van der Waals surface area contributed by atoms with Gasteiger partial charge in [-0.05, 0) is 42.9 Å². The Kier molecular flexibility index (Phi) is 5.61. The Morgan fingerprint density at radius 3 is 2.57 bits per heavy atom. The van der Waals surface area contributed by atoms with Crippen LogP contribution in [0.5, 0.6) is 11.5 Å². The van der Waals surface area contributed by atoms with Crippen LogP contribution in [0.2, 0.25) is 0 Å². The molecule has 6 nitrogen and oxygen atoms in total. The lowest BCUT2D eigenvalue weighted by Gasteiger charge is -2.15. The predicted molar refractivity (Wildman–Crippen MR) is 83.0 cm³/mol. The zero-order valence-corrected chi connectivity index (χ0v) is 12.6. The second-order valence-corrected chi connectivity index (χ2v) is 5.08. The van der Waals surface area contributed by atoms with E-state index in [1.165, 1.54) is 36.4 Å². The van der Waals surface area contributed by atoms with E-state index >= 15 is 0 Å². The molecule has 0 fully saturated rings. The van der Waals surface area contributed by atoms with Crippen LogP contribution >= 0.6 is 0 Å². The van der Waals surface area contributed by atoms with Gasteiger partial charge in [-0.3, -0.25) is 15.0 Å². The van der Waals surface area contributed by atoms with Crippen molar-refractivity contribution in [2.45, 2.75) is 6.54 Å². The van der Waals surface area contributed by atoms with Crippen molar-refractivity contribution in [2.24, 2.45) is 0 Å². The third-order valence-corrected chi connectivity index (χ3v) is 3.20. The first kappa shape index (κ1) is 16.9. The van der Waals surface area contributed by atoms with E-state index in [2.05, 4.69) is 0 Å². The molecule has 2 aromatic rings. The number of hydrogen-bond acceptors (Lipinski definition) is 5. The summed E-state index contributed by atoms with van der Waals surface area (Å²) in [4.78, 5) is 12.6. The van der Waals surface area contributed by atoms with Crippen LogP contribution in [0.1, 0.15) is 5.56 Å². The fourth-order valence-electron chi connectivity index (χ4n) is 2.08. The number of likely N-dealkylation sites (N-methyl/N-ethyl adjacent to an activating group) is 1. The first-order valence-electron chi connectivity index (χ1n) is 6.99. The molecule has 0 aliphatic heterocycles. The number of nitro groups is 1. The minimum Gasteiger partial charge on any atom is -0.450 e. The lowest BCUT2D eigenvalue weighted by atomic mass is 10.1. The number of aliphatic hydroxyl groups is 1.